The van der Waals surface area contributed by atoms with E-state index in [-0.39, 0.29) is 17.9 Å². The molecular formula is C20H15ClF5N3O2. The standard InChI is InChI=1S/C20H15ClF5N3O2/c1-9-4-10(20(24,25)26)5-16(27-9)29-15(8-19(2-3-19)18(29)31)17(30)28-14-6-11(21)12(22)7-13(14)23/h4-7,15H,2-3,8H2,1H3,(H,28,30)/t15-/m1/s1. The summed E-state index contributed by atoms with van der Waals surface area (Å²) in [5.41, 5.74) is -2.24. The molecule has 0 radical (unpaired) electrons. The molecule has 2 amide bonds. The van der Waals surface area contributed by atoms with Crippen LogP contribution in [0.15, 0.2) is 24.3 Å². The lowest BCUT2D eigenvalue weighted by Crippen LogP contribution is -2.42. The van der Waals surface area contributed by atoms with Gasteiger partial charge in [-0.2, -0.15) is 13.2 Å². The molecule has 164 valence electrons. The van der Waals surface area contributed by atoms with Crippen LogP contribution in [-0.2, 0) is 15.8 Å². The van der Waals surface area contributed by atoms with Gasteiger partial charge in [0.2, 0.25) is 11.8 Å². The van der Waals surface area contributed by atoms with E-state index in [1.807, 2.05) is 0 Å². The minimum atomic E-state index is -4.67. The number of nitrogens with zero attached hydrogens (tertiary/aromatic N) is 2. The van der Waals surface area contributed by atoms with Crippen LogP contribution in [0.5, 0.6) is 0 Å². The number of hydrogen-bond acceptors (Lipinski definition) is 3. The van der Waals surface area contributed by atoms with Crippen LogP contribution in [0.3, 0.4) is 0 Å². The summed E-state index contributed by atoms with van der Waals surface area (Å²) >= 11 is 5.64. The number of carbonyl (C=O) groups excluding carboxylic acids is 2. The van der Waals surface area contributed by atoms with Crippen molar-refractivity contribution in [1.82, 2.24) is 4.98 Å². The zero-order valence-corrected chi connectivity index (χ0v) is 16.7. The van der Waals surface area contributed by atoms with Gasteiger partial charge in [0, 0.05) is 11.8 Å². The largest absolute Gasteiger partial charge is 0.416 e. The molecule has 1 atom stereocenters. The zero-order valence-electron chi connectivity index (χ0n) is 16.0. The van der Waals surface area contributed by atoms with Crippen molar-refractivity contribution in [3.8, 4) is 0 Å². The topological polar surface area (TPSA) is 62.3 Å². The quantitative estimate of drug-likeness (QED) is 0.526. The fourth-order valence-corrected chi connectivity index (χ4v) is 3.92. The van der Waals surface area contributed by atoms with Gasteiger partial charge in [0.15, 0.2) is 0 Å². The fourth-order valence-electron chi connectivity index (χ4n) is 3.76. The highest BCUT2D eigenvalue weighted by Crippen LogP contribution is 2.56. The van der Waals surface area contributed by atoms with Crippen LogP contribution in [0.4, 0.5) is 33.5 Å². The number of alkyl halides is 3. The van der Waals surface area contributed by atoms with Gasteiger partial charge >= 0.3 is 6.18 Å². The molecule has 1 saturated heterocycles. The van der Waals surface area contributed by atoms with E-state index < -0.39 is 57.4 Å². The van der Waals surface area contributed by atoms with E-state index in [2.05, 4.69) is 10.3 Å². The molecule has 1 aliphatic carbocycles. The summed E-state index contributed by atoms with van der Waals surface area (Å²) in [6, 6.07) is 1.71. The fraction of sp³-hybridized carbons (Fsp3) is 0.350. The molecule has 1 saturated carbocycles. The lowest BCUT2D eigenvalue weighted by molar-refractivity contribution is -0.137. The smallest absolute Gasteiger partial charge is 0.322 e. The van der Waals surface area contributed by atoms with E-state index in [4.69, 9.17) is 11.6 Å². The highest BCUT2D eigenvalue weighted by molar-refractivity contribution is 6.31. The van der Waals surface area contributed by atoms with Crippen LogP contribution in [0.1, 0.15) is 30.5 Å². The van der Waals surface area contributed by atoms with Crippen LogP contribution in [-0.4, -0.2) is 22.8 Å². The number of halogens is 6. The molecule has 2 heterocycles. The average Bonchev–Trinajstić information content (AvgIpc) is 3.38. The number of benzene rings is 1. The molecule has 5 nitrogen and oxygen atoms in total. The van der Waals surface area contributed by atoms with Crippen molar-refractivity contribution in [2.24, 2.45) is 5.41 Å². The Morgan fingerprint density at radius 2 is 1.87 bits per heavy atom. The third-order valence-electron chi connectivity index (χ3n) is 5.51. The molecule has 11 heteroatoms. The second-order valence-corrected chi connectivity index (χ2v) is 8.17. The number of anilines is 2. The van der Waals surface area contributed by atoms with Crippen molar-refractivity contribution < 1.29 is 31.5 Å². The van der Waals surface area contributed by atoms with Crippen molar-refractivity contribution in [3.63, 3.8) is 0 Å². The molecule has 2 fully saturated rings. The first-order valence-electron chi connectivity index (χ1n) is 9.26. The molecule has 1 aromatic carbocycles. The summed E-state index contributed by atoms with van der Waals surface area (Å²) < 4.78 is 67.2. The van der Waals surface area contributed by atoms with Crippen molar-refractivity contribution in [2.45, 2.75) is 38.4 Å². The molecule has 31 heavy (non-hydrogen) atoms. The molecule has 2 aliphatic rings. The van der Waals surface area contributed by atoms with Crippen molar-refractivity contribution >= 4 is 34.9 Å². The number of amides is 2. The molecule has 4 rings (SSSR count). The summed E-state index contributed by atoms with van der Waals surface area (Å²) in [7, 11) is 0. The lowest BCUT2D eigenvalue weighted by atomic mass is 10.0. The Balaban J connectivity index is 1.70. The average molecular weight is 460 g/mol. The van der Waals surface area contributed by atoms with E-state index in [0.717, 1.165) is 17.0 Å². The maximum absolute atomic E-state index is 14.0. The van der Waals surface area contributed by atoms with Crippen molar-refractivity contribution in [2.75, 3.05) is 10.2 Å². The Morgan fingerprint density at radius 3 is 2.48 bits per heavy atom. The van der Waals surface area contributed by atoms with Crippen LogP contribution < -0.4 is 10.2 Å². The zero-order chi connectivity index (χ0) is 22.7. The maximum atomic E-state index is 14.0. The van der Waals surface area contributed by atoms with Gasteiger partial charge in [-0.05, 0) is 44.4 Å². The highest BCUT2D eigenvalue weighted by Gasteiger charge is 2.61. The Hall–Kier alpha value is -2.75. The lowest BCUT2D eigenvalue weighted by Gasteiger charge is -2.24. The first-order valence-corrected chi connectivity index (χ1v) is 9.64. The van der Waals surface area contributed by atoms with Gasteiger partial charge in [0.05, 0.1) is 21.7 Å². The van der Waals surface area contributed by atoms with Gasteiger partial charge in [-0.1, -0.05) is 11.6 Å². The first kappa shape index (κ1) is 21.5. The van der Waals surface area contributed by atoms with E-state index in [0.29, 0.717) is 25.0 Å². The number of hydrogen-bond donors (Lipinski definition) is 1. The predicted octanol–water partition coefficient (Wildman–Crippen LogP) is 4.86. The molecule has 0 unspecified atom stereocenters. The van der Waals surface area contributed by atoms with Gasteiger partial charge in [-0.3, -0.25) is 14.5 Å². The second-order valence-electron chi connectivity index (χ2n) is 7.76. The number of pyridine rings is 1. The van der Waals surface area contributed by atoms with Gasteiger partial charge in [0.1, 0.15) is 23.5 Å². The number of nitrogens with one attached hydrogen (secondary N) is 1. The number of aryl methyl sites for hydroxylation is 1. The number of aromatic nitrogens is 1. The third kappa shape index (κ3) is 3.84. The van der Waals surface area contributed by atoms with Gasteiger partial charge < -0.3 is 5.32 Å². The maximum Gasteiger partial charge on any atom is 0.416 e. The molecule has 1 N–H and O–H groups in total. The molecule has 1 aromatic heterocycles. The summed E-state index contributed by atoms with van der Waals surface area (Å²) in [5, 5.41) is 1.83. The van der Waals surface area contributed by atoms with Crippen molar-refractivity contribution in [3.05, 3.63) is 52.2 Å². The third-order valence-corrected chi connectivity index (χ3v) is 5.80. The van der Waals surface area contributed by atoms with E-state index >= 15 is 0 Å². The molecular weight excluding hydrogens is 445 g/mol. The molecule has 2 aromatic rings. The summed E-state index contributed by atoms with van der Waals surface area (Å²) in [4.78, 5) is 30.9. The van der Waals surface area contributed by atoms with E-state index in [1.54, 1.807) is 0 Å². The van der Waals surface area contributed by atoms with Gasteiger partial charge in [-0.15, -0.1) is 0 Å². The van der Waals surface area contributed by atoms with Crippen LogP contribution in [0.2, 0.25) is 5.02 Å². The highest BCUT2D eigenvalue weighted by atomic mass is 35.5. The van der Waals surface area contributed by atoms with E-state index in [1.165, 1.54) is 6.92 Å². The normalized spacial score (nSPS) is 19.8. The Labute approximate surface area is 178 Å². The van der Waals surface area contributed by atoms with Crippen LogP contribution in [0, 0.1) is 24.0 Å². The Kier molecular flexibility index (Phi) is 4.95. The van der Waals surface area contributed by atoms with Crippen LogP contribution >= 0.6 is 11.6 Å². The predicted molar refractivity (Wildman–Crippen MR) is 102 cm³/mol. The van der Waals surface area contributed by atoms with Gasteiger partial charge in [-0.25, -0.2) is 13.8 Å². The Bertz CT molecular complexity index is 1100. The number of carbonyl (C=O) groups is 2. The Morgan fingerprint density at radius 1 is 1.19 bits per heavy atom. The van der Waals surface area contributed by atoms with E-state index in [9.17, 15) is 31.5 Å². The summed E-state index contributed by atoms with van der Waals surface area (Å²) in [6.45, 7) is 1.34. The second kappa shape index (κ2) is 7.15. The van der Waals surface area contributed by atoms with Crippen LogP contribution in [0.25, 0.3) is 0 Å². The molecule has 1 aliphatic heterocycles. The molecule has 1 spiro atoms. The summed E-state index contributed by atoms with van der Waals surface area (Å²) in [5.74, 6) is -3.75. The minimum Gasteiger partial charge on any atom is -0.322 e. The van der Waals surface area contributed by atoms with Gasteiger partial charge in [0.25, 0.3) is 0 Å². The van der Waals surface area contributed by atoms with Crippen molar-refractivity contribution in [1.29, 1.82) is 0 Å². The number of rotatable bonds is 3. The minimum absolute atomic E-state index is 0.0184. The summed E-state index contributed by atoms with van der Waals surface area (Å²) in [6.07, 6.45) is -3.65. The molecule has 0 bridgehead atoms. The monoisotopic (exact) mass is 459 g/mol. The first-order chi connectivity index (χ1) is 14.4. The SMILES string of the molecule is Cc1cc(C(F)(F)F)cc(N2C(=O)C3(CC3)C[C@@H]2C(=O)Nc2cc(Cl)c(F)cc2F)n1.